The molecule has 21 heavy (non-hydrogen) atoms. The number of hydrogen-bond donors (Lipinski definition) is 1. The van der Waals surface area contributed by atoms with Gasteiger partial charge in [-0.15, -0.1) is 0 Å². The van der Waals surface area contributed by atoms with Crippen LogP contribution in [0.5, 0.6) is 0 Å². The van der Waals surface area contributed by atoms with Crippen LogP contribution >= 0.6 is 0 Å². The van der Waals surface area contributed by atoms with E-state index in [1.54, 1.807) is 0 Å². The first-order valence-corrected chi connectivity index (χ1v) is 9.06. The largest absolute Gasteiger partial charge is 0.301 e. The Kier molecular flexibility index (Phi) is 4.57. The van der Waals surface area contributed by atoms with Gasteiger partial charge < -0.3 is 4.90 Å². The Labute approximate surface area is 130 Å². The van der Waals surface area contributed by atoms with Gasteiger partial charge in [0.05, 0.1) is 6.07 Å². The van der Waals surface area contributed by atoms with E-state index in [1.165, 1.54) is 57.8 Å². The Morgan fingerprint density at radius 3 is 2.24 bits per heavy atom. The zero-order chi connectivity index (χ0) is 14.9. The van der Waals surface area contributed by atoms with E-state index in [1.807, 2.05) is 0 Å². The molecule has 118 valence electrons. The molecule has 3 aliphatic carbocycles. The summed E-state index contributed by atoms with van der Waals surface area (Å²) in [4.78, 5) is 2.50. The van der Waals surface area contributed by atoms with Crippen LogP contribution in [-0.4, -0.2) is 36.1 Å². The Balaban J connectivity index is 1.58. The second kappa shape index (κ2) is 6.26. The Morgan fingerprint density at radius 1 is 1.10 bits per heavy atom. The highest BCUT2D eigenvalue weighted by Gasteiger charge is 2.49. The van der Waals surface area contributed by atoms with Crippen molar-refractivity contribution in [3.63, 3.8) is 0 Å². The molecule has 3 nitrogen and oxygen atoms in total. The van der Waals surface area contributed by atoms with Crippen molar-refractivity contribution in [2.75, 3.05) is 13.6 Å². The van der Waals surface area contributed by atoms with Crippen LogP contribution in [0.2, 0.25) is 0 Å². The van der Waals surface area contributed by atoms with Crippen LogP contribution in [0.25, 0.3) is 0 Å². The van der Waals surface area contributed by atoms with Crippen molar-refractivity contribution in [3.05, 3.63) is 0 Å². The van der Waals surface area contributed by atoms with E-state index < -0.39 is 0 Å². The summed E-state index contributed by atoms with van der Waals surface area (Å²) in [6, 6.07) is 4.00. The summed E-state index contributed by atoms with van der Waals surface area (Å²) in [5.41, 5.74) is -0.266. The second-order valence-corrected chi connectivity index (χ2v) is 7.77. The fourth-order valence-corrected chi connectivity index (χ4v) is 4.14. The van der Waals surface area contributed by atoms with Crippen molar-refractivity contribution >= 4 is 0 Å². The maximum absolute atomic E-state index is 9.85. The molecule has 3 heteroatoms. The SMILES string of the molecule is CCC1CCC(N(C)CC(C#N)(NC2CC2)C2CC2)CC1. The molecule has 1 atom stereocenters. The average molecular weight is 289 g/mol. The number of hydrogen-bond acceptors (Lipinski definition) is 3. The van der Waals surface area contributed by atoms with Gasteiger partial charge in [0.1, 0.15) is 5.54 Å². The van der Waals surface area contributed by atoms with Crippen molar-refractivity contribution in [3.8, 4) is 6.07 Å². The number of rotatable bonds is 7. The number of nitrogens with zero attached hydrogens (tertiary/aromatic N) is 2. The van der Waals surface area contributed by atoms with Crippen LogP contribution in [0.1, 0.15) is 64.7 Å². The predicted molar refractivity (Wildman–Crippen MR) is 85.9 cm³/mol. The summed E-state index contributed by atoms with van der Waals surface area (Å²) < 4.78 is 0. The lowest BCUT2D eigenvalue weighted by atomic mass is 9.83. The molecule has 0 aliphatic heterocycles. The lowest BCUT2D eigenvalue weighted by molar-refractivity contribution is 0.129. The van der Waals surface area contributed by atoms with Gasteiger partial charge in [0, 0.05) is 18.6 Å². The highest BCUT2D eigenvalue weighted by Crippen LogP contribution is 2.42. The van der Waals surface area contributed by atoms with Gasteiger partial charge in [-0.2, -0.15) is 5.26 Å². The average Bonchev–Trinajstić information content (AvgIpc) is 3.39. The minimum Gasteiger partial charge on any atom is -0.301 e. The summed E-state index contributed by atoms with van der Waals surface area (Å²) in [5.74, 6) is 1.54. The van der Waals surface area contributed by atoms with Gasteiger partial charge in [-0.3, -0.25) is 5.32 Å². The fraction of sp³-hybridized carbons (Fsp3) is 0.944. The smallest absolute Gasteiger partial charge is 0.122 e. The summed E-state index contributed by atoms with van der Waals surface area (Å²) in [7, 11) is 2.25. The topological polar surface area (TPSA) is 39.1 Å². The van der Waals surface area contributed by atoms with Crippen molar-refractivity contribution < 1.29 is 0 Å². The molecule has 0 amide bonds. The van der Waals surface area contributed by atoms with Crippen LogP contribution < -0.4 is 5.32 Å². The van der Waals surface area contributed by atoms with Gasteiger partial charge in [-0.25, -0.2) is 0 Å². The molecule has 3 saturated carbocycles. The lowest BCUT2D eigenvalue weighted by Gasteiger charge is -2.39. The van der Waals surface area contributed by atoms with E-state index in [0.717, 1.165) is 12.5 Å². The van der Waals surface area contributed by atoms with Crippen LogP contribution in [0.3, 0.4) is 0 Å². The highest BCUT2D eigenvalue weighted by molar-refractivity contribution is 5.18. The first-order valence-electron chi connectivity index (χ1n) is 9.06. The molecule has 0 spiro atoms. The molecule has 3 aliphatic rings. The minimum absolute atomic E-state index is 0.266. The zero-order valence-corrected chi connectivity index (χ0v) is 13.8. The third-order valence-electron chi connectivity index (χ3n) is 6.03. The predicted octanol–water partition coefficient (Wildman–Crippen LogP) is 3.31. The third-order valence-corrected chi connectivity index (χ3v) is 6.03. The number of nitriles is 1. The Morgan fingerprint density at radius 2 is 1.76 bits per heavy atom. The van der Waals surface area contributed by atoms with E-state index in [-0.39, 0.29) is 5.54 Å². The van der Waals surface area contributed by atoms with Gasteiger partial charge in [0.15, 0.2) is 0 Å². The molecule has 1 unspecified atom stereocenters. The quantitative estimate of drug-likeness (QED) is 0.781. The Bertz CT molecular complexity index is 386. The summed E-state index contributed by atoms with van der Waals surface area (Å²) in [5, 5.41) is 13.6. The Hall–Kier alpha value is -0.590. The second-order valence-electron chi connectivity index (χ2n) is 7.77. The zero-order valence-electron chi connectivity index (χ0n) is 13.8. The van der Waals surface area contributed by atoms with E-state index in [4.69, 9.17) is 0 Å². The molecule has 3 fully saturated rings. The highest BCUT2D eigenvalue weighted by atomic mass is 15.2. The molecule has 0 saturated heterocycles. The van der Waals surface area contributed by atoms with Crippen LogP contribution in [0.15, 0.2) is 0 Å². The number of nitrogens with one attached hydrogen (secondary N) is 1. The van der Waals surface area contributed by atoms with E-state index in [0.29, 0.717) is 18.0 Å². The molecule has 0 heterocycles. The fourth-order valence-electron chi connectivity index (χ4n) is 4.14. The normalized spacial score (nSPS) is 32.7. The molecule has 0 radical (unpaired) electrons. The number of likely N-dealkylation sites (N-methyl/N-ethyl adjacent to an activating group) is 1. The molecule has 0 bridgehead atoms. The molecule has 0 aromatic heterocycles. The van der Waals surface area contributed by atoms with Gasteiger partial charge in [-0.1, -0.05) is 13.3 Å². The summed E-state index contributed by atoms with van der Waals surface area (Å²) >= 11 is 0. The maximum Gasteiger partial charge on any atom is 0.122 e. The lowest BCUT2D eigenvalue weighted by Crippen LogP contribution is -2.56. The molecule has 3 rings (SSSR count). The molecule has 1 N–H and O–H groups in total. The minimum atomic E-state index is -0.266. The van der Waals surface area contributed by atoms with Crippen molar-refractivity contribution in [2.45, 2.75) is 82.3 Å². The first kappa shape index (κ1) is 15.3. The summed E-state index contributed by atoms with van der Waals surface area (Å²) in [6.45, 7) is 3.24. The maximum atomic E-state index is 9.85. The van der Waals surface area contributed by atoms with Crippen LogP contribution in [-0.2, 0) is 0 Å². The van der Waals surface area contributed by atoms with E-state index >= 15 is 0 Å². The molecular formula is C18H31N3. The summed E-state index contributed by atoms with van der Waals surface area (Å²) in [6.07, 6.45) is 11.8. The molecular weight excluding hydrogens is 258 g/mol. The monoisotopic (exact) mass is 289 g/mol. The van der Waals surface area contributed by atoms with Gasteiger partial charge in [0.25, 0.3) is 0 Å². The van der Waals surface area contributed by atoms with E-state index in [9.17, 15) is 5.26 Å². The van der Waals surface area contributed by atoms with Gasteiger partial charge in [-0.05, 0) is 70.3 Å². The molecule has 0 aromatic carbocycles. The third kappa shape index (κ3) is 3.60. The van der Waals surface area contributed by atoms with Gasteiger partial charge in [0.2, 0.25) is 0 Å². The van der Waals surface area contributed by atoms with Gasteiger partial charge >= 0.3 is 0 Å². The van der Waals surface area contributed by atoms with Crippen molar-refractivity contribution in [1.82, 2.24) is 10.2 Å². The molecule has 0 aromatic rings. The first-order chi connectivity index (χ1) is 10.2. The van der Waals surface area contributed by atoms with Crippen molar-refractivity contribution in [2.24, 2.45) is 11.8 Å². The van der Waals surface area contributed by atoms with E-state index in [2.05, 4.69) is 30.3 Å². The van der Waals surface area contributed by atoms with Crippen LogP contribution in [0.4, 0.5) is 0 Å². The van der Waals surface area contributed by atoms with Crippen molar-refractivity contribution in [1.29, 1.82) is 5.26 Å². The standard InChI is InChI=1S/C18H31N3/c1-3-14-4-10-17(11-5-14)21(2)13-18(12-19,15-6-7-15)20-16-8-9-16/h14-17,20H,3-11,13H2,1-2H3. The van der Waals surface area contributed by atoms with Crippen LogP contribution in [0, 0.1) is 23.2 Å².